The summed E-state index contributed by atoms with van der Waals surface area (Å²) < 4.78 is 5.70. The molecule has 1 aliphatic heterocycles. The van der Waals surface area contributed by atoms with Crippen LogP contribution in [0, 0.1) is 6.92 Å². The van der Waals surface area contributed by atoms with Gasteiger partial charge in [-0.15, -0.1) is 11.3 Å². The van der Waals surface area contributed by atoms with E-state index in [0.29, 0.717) is 15.9 Å². The van der Waals surface area contributed by atoms with Gasteiger partial charge in [-0.3, -0.25) is 10.1 Å². The average molecular weight is 366 g/mol. The number of anilines is 1. The zero-order valence-electron chi connectivity index (χ0n) is 13.9. The van der Waals surface area contributed by atoms with Crippen LogP contribution >= 0.6 is 22.9 Å². The van der Waals surface area contributed by atoms with Crippen LogP contribution in [0.1, 0.15) is 23.1 Å². The third kappa shape index (κ3) is 3.88. The summed E-state index contributed by atoms with van der Waals surface area (Å²) in [6.07, 6.45) is 0.260. The number of benzene rings is 1. The van der Waals surface area contributed by atoms with Gasteiger partial charge in [0.2, 0.25) is 0 Å². The molecule has 2 heterocycles. The molecule has 3 rings (SSSR count). The molecule has 0 spiro atoms. The smallest absolute Gasteiger partial charge is 0.266 e. The molecule has 0 aliphatic carbocycles. The van der Waals surface area contributed by atoms with Crippen molar-refractivity contribution in [3.63, 3.8) is 0 Å². The number of carbonyl (C=O) groups excluding carboxylic acids is 1. The van der Waals surface area contributed by atoms with Gasteiger partial charge in [-0.1, -0.05) is 17.7 Å². The lowest BCUT2D eigenvalue weighted by atomic mass is 10.2. The lowest BCUT2D eigenvalue weighted by Gasteiger charge is -2.20. The van der Waals surface area contributed by atoms with Crippen LogP contribution in [0.5, 0.6) is 5.75 Å². The van der Waals surface area contributed by atoms with Crippen LogP contribution < -0.4 is 10.1 Å². The molecule has 0 saturated carbocycles. The van der Waals surface area contributed by atoms with Crippen molar-refractivity contribution in [3.05, 3.63) is 39.4 Å². The number of thiazole rings is 1. The zero-order chi connectivity index (χ0) is 17.3. The van der Waals surface area contributed by atoms with Crippen molar-refractivity contribution in [3.8, 4) is 5.75 Å². The molecule has 1 unspecified atom stereocenters. The number of aryl methyl sites for hydroxylation is 1. The third-order valence-electron chi connectivity index (χ3n) is 3.91. The lowest BCUT2D eigenvalue weighted by molar-refractivity contribution is -0.122. The Labute approximate surface area is 150 Å². The number of likely N-dealkylation sites (N-methyl/N-ethyl adjacent to an activating group) is 1. The summed E-state index contributed by atoms with van der Waals surface area (Å²) >= 11 is 7.65. The van der Waals surface area contributed by atoms with Crippen LogP contribution in [-0.4, -0.2) is 35.5 Å². The number of nitrogens with zero attached hydrogens (tertiary/aromatic N) is 2. The van der Waals surface area contributed by atoms with Gasteiger partial charge < -0.3 is 9.64 Å². The van der Waals surface area contributed by atoms with Gasteiger partial charge in [0.1, 0.15) is 5.75 Å². The quantitative estimate of drug-likeness (QED) is 0.901. The molecular formula is C17H20ClN3O2S. The Morgan fingerprint density at radius 2 is 2.29 bits per heavy atom. The summed E-state index contributed by atoms with van der Waals surface area (Å²) in [5, 5.41) is 3.97. The largest absolute Gasteiger partial charge is 0.479 e. The van der Waals surface area contributed by atoms with Gasteiger partial charge in [-0.2, -0.15) is 0 Å². The predicted octanol–water partition coefficient (Wildman–Crippen LogP) is 3.50. The number of nitrogens with one attached hydrogen (secondary N) is 1. The first-order valence-electron chi connectivity index (χ1n) is 7.83. The first-order valence-corrected chi connectivity index (χ1v) is 9.02. The van der Waals surface area contributed by atoms with Gasteiger partial charge in [0, 0.05) is 24.4 Å². The van der Waals surface area contributed by atoms with Crippen molar-refractivity contribution in [2.24, 2.45) is 0 Å². The first-order chi connectivity index (χ1) is 11.4. The summed E-state index contributed by atoms with van der Waals surface area (Å²) in [5.41, 5.74) is 2.11. The molecule has 2 aromatic rings. The van der Waals surface area contributed by atoms with Crippen LogP contribution in [0.15, 0.2) is 18.2 Å². The van der Waals surface area contributed by atoms with Crippen molar-refractivity contribution < 1.29 is 9.53 Å². The maximum Gasteiger partial charge on any atom is 0.266 e. The minimum atomic E-state index is -0.659. The topological polar surface area (TPSA) is 54.5 Å². The van der Waals surface area contributed by atoms with Crippen molar-refractivity contribution in [2.45, 2.75) is 32.9 Å². The molecule has 1 aliphatic rings. The van der Waals surface area contributed by atoms with E-state index in [-0.39, 0.29) is 5.91 Å². The molecule has 128 valence electrons. The van der Waals surface area contributed by atoms with E-state index in [1.165, 1.54) is 16.2 Å². The number of hydrogen-bond acceptors (Lipinski definition) is 5. The Balaban J connectivity index is 1.65. The Morgan fingerprint density at radius 1 is 1.50 bits per heavy atom. The highest BCUT2D eigenvalue weighted by Gasteiger charge is 2.21. The Bertz CT molecular complexity index is 762. The highest BCUT2D eigenvalue weighted by molar-refractivity contribution is 7.15. The predicted molar refractivity (Wildman–Crippen MR) is 97.1 cm³/mol. The summed E-state index contributed by atoms with van der Waals surface area (Å²) in [5.74, 6) is 0.284. The number of halogens is 1. The van der Waals surface area contributed by atoms with Crippen LogP contribution in [-0.2, 0) is 17.8 Å². The molecule has 0 fully saturated rings. The van der Waals surface area contributed by atoms with Gasteiger partial charge in [-0.25, -0.2) is 4.98 Å². The maximum absolute atomic E-state index is 12.4. The van der Waals surface area contributed by atoms with Crippen molar-refractivity contribution in [1.82, 2.24) is 9.88 Å². The van der Waals surface area contributed by atoms with E-state index in [4.69, 9.17) is 16.3 Å². The van der Waals surface area contributed by atoms with Crippen LogP contribution in [0.4, 0.5) is 5.13 Å². The number of amides is 1. The molecule has 5 nitrogen and oxygen atoms in total. The molecule has 1 N–H and O–H groups in total. The van der Waals surface area contributed by atoms with E-state index in [1.54, 1.807) is 13.0 Å². The Hall–Kier alpha value is -1.63. The second-order valence-corrected chi connectivity index (χ2v) is 7.55. The zero-order valence-corrected chi connectivity index (χ0v) is 15.5. The SMILES string of the molecule is Cc1ccc(Cl)c(OC(C)C(=O)Nc2nc3c(s2)CN(C)CC3)c1. The molecule has 1 amide bonds. The summed E-state index contributed by atoms with van der Waals surface area (Å²) in [4.78, 5) is 20.4. The van der Waals surface area contributed by atoms with E-state index in [1.807, 2.05) is 19.1 Å². The standard InChI is InChI=1S/C17H20ClN3O2S/c1-10-4-5-12(18)14(8-10)23-11(2)16(22)20-17-19-13-6-7-21(3)9-15(13)24-17/h4-5,8,11H,6-7,9H2,1-3H3,(H,19,20,22). The summed E-state index contributed by atoms with van der Waals surface area (Å²) in [7, 11) is 2.09. The molecule has 7 heteroatoms. The van der Waals surface area contributed by atoms with E-state index in [2.05, 4.69) is 22.2 Å². The lowest BCUT2D eigenvalue weighted by Crippen LogP contribution is -2.30. The monoisotopic (exact) mass is 365 g/mol. The van der Waals surface area contributed by atoms with Gasteiger partial charge in [0.05, 0.1) is 10.7 Å². The van der Waals surface area contributed by atoms with Gasteiger partial charge in [0.25, 0.3) is 5.91 Å². The number of fused-ring (bicyclic) bond motifs is 1. The molecule has 1 atom stereocenters. The van der Waals surface area contributed by atoms with E-state index < -0.39 is 6.10 Å². The summed E-state index contributed by atoms with van der Waals surface area (Å²) in [6.45, 7) is 5.53. The third-order valence-corrected chi connectivity index (χ3v) is 5.22. The normalized spacial score (nSPS) is 15.7. The molecule has 1 aromatic carbocycles. The number of ether oxygens (including phenoxy) is 1. The molecule has 24 heavy (non-hydrogen) atoms. The van der Waals surface area contributed by atoms with Crippen LogP contribution in [0.3, 0.4) is 0 Å². The Morgan fingerprint density at radius 3 is 3.08 bits per heavy atom. The summed E-state index contributed by atoms with van der Waals surface area (Å²) in [6, 6.07) is 5.49. The van der Waals surface area contributed by atoms with Crippen molar-refractivity contribution in [2.75, 3.05) is 18.9 Å². The first kappa shape index (κ1) is 17.2. The highest BCUT2D eigenvalue weighted by atomic mass is 35.5. The maximum atomic E-state index is 12.4. The van der Waals surface area contributed by atoms with Crippen LogP contribution in [0.25, 0.3) is 0 Å². The fourth-order valence-electron chi connectivity index (χ4n) is 2.53. The van der Waals surface area contributed by atoms with Gasteiger partial charge >= 0.3 is 0 Å². The molecule has 0 bridgehead atoms. The van der Waals surface area contributed by atoms with E-state index >= 15 is 0 Å². The van der Waals surface area contributed by atoms with Crippen molar-refractivity contribution in [1.29, 1.82) is 0 Å². The van der Waals surface area contributed by atoms with Gasteiger partial charge in [-0.05, 0) is 38.6 Å². The molecular weight excluding hydrogens is 346 g/mol. The molecule has 0 saturated heterocycles. The van der Waals surface area contributed by atoms with Gasteiger partial charge in [0.15, 0.2) is 11.2 Å². The van der Waals surface area contributed by atoms with E-state index in [9.17, 15) is 4.79 Å². The van der Waals surface area contributed by atoms with Crippen LogP contribution in [0.2, 0.25) is 5.02 Å². The fraction of sp³-hybridized carbons (Fsp3) is 0.412. The molecule has 1 aromatic heterocycles. The number of carbonyl (C=O) groups is 1. The number of aromatic nitrogens is 1. The van der Waals surface area contributed by atoms with Crippen molar-refractivity contribution >= 4 is 34.0 Å². The number of hydrogen-bond donors (Lipinski definition) is 1. The average Bonchev–Trinajstić information content (AvgIpc) is 2.92. The minimum Gasteiger partial charge on any atom is -0.479 e. The van der Waals surface area contributed by atoms with E-state index in [0.717, 1.165) is 30.8 Å². The second kappa shape index (κ2) is 7.09. The second-order valence-electron chi connectivity index (χ2n) is 6.06. The fourth-order valence-corrected chi connectivity index (χ4v) is 3.78. The number of rotatable bonds is 4. The Kier molecular flexibility index (Phi) is 5.08. The highest BCUT2D eigenvalue weighted by Crippen LogP contribution is 2.29. The molecule has 0 radical (unpaired) electrons. The minimum absolute atomic E-state index is 0.230.